The Kier molecular flexibility index (Phi) is 6.06. The summed E-state index contributed by atoms with van der Waals surface area (Å²) in [5.74, 6) is 0.600. The van der Waals surface area contributed by atoms with Gasteiger partial charge in [-0.05, 0) is 57.8 Å². The maximum absolute atomic E-state index is 12.0. The van der Waals surface area contributed by atoms with Crippen molar-refractivity contribution >= 4 is 51.2 Å². The van der Waals surface area contributed by atoms with Crippen LogP contribution in [0.3, 0.4) is 0 Å². The topological polar surface area (TPSA) is 62.7 Å². The van der Waals surface area contributed by atoms with Gasteiger partial charge in [-0.3, -0.25) is 4.79 Å². The standard InChI is InChI=1S/C20H18IN3O2/c1-26-19-10-9-14(11-17(19)21)12-23-24-20(25)13-22-18-8-4-6-15-5-2-3-7-16(15)18/h2-12,22H,13H2,1H3,(H,24,25)/b23-12+. The molecule has 1 amide bonds. The van der Waals surface area contributed by atoms with Gasteiger partial charge >= 0.3 is 0 Å². The molecule has 0 atom stereocenters. The summed E-state index contributed by atoms with van der Waals surface area (Å²) >= 11 is 2.19. The molecule has 132 valence electrons. The number of hydrogen-bond donors (Lipinski definition) is 2. The van der Waals surface area contributed by atoms with Crippen LogP contribution in [0.5, 0.6) is 5.75 Å². The predicted octanol–water partition coefficient (Wildman–Crippen LogP) is 4.02. The quantitative estimate of drug-likeness (QED) is 0.333. The number of nitrogens with one attached hydrogen (secondary N) is 2. The number of hydrazone groups is 1. The second kappa shape index (κ2) is 8.66. The van der Waals surface area contributed by atoms with Gasteiger partial charge in [-0.15, -0.1) is 0 Å². The Morgan fingerprint density at radius 1 is 1.15 bits per heavy atom. The second-order valence-electron chi connectivity index (χ2n) is 5.57. The molecule has 0 aromatic heterocycles. The van der Waals surface area contributed by atoms with E-state index in [9.17, 15) is 4.79 Å². The lowest BCUT2D eigenvalue weighted by Gasteiger charge is -2.08. The van der Waals surface area contributed by atoms with Gasteiger partial charge < -0.3 is 10.1 Å². The van der Waals surface area contributed by atoms with E-state index in [1.54, 1.807) is 13.3 Å². The molecule has 26 heavy (non-hydrogen) atoms. The van der Waals surface area contributed by atoms with Crippen molar-refractivity contribution in [1.29, 1.82) is 0 Å². The highest BCUT2D eigenvalue weighted by Crippen LogP contribution is 2.22. The fourth-order valence-corrected chi connectivity index (χ4v) is 3.30. The van der Waals surface area contributed by atoms with E-state index in [1.807, 2.05) is 60.7 Å². The molecular formula is C20H18IN3O2. The summed E-state index contributed by atoms with van der Waals surface area (Å²) in [4.78, 5) is 12.0. The first-order valence-corrected chi connectivity index (χ1v) is 9.12. The molecule has 3 rings (SSSR count). The van der Waals surface area contributed by atoms with Gasteiger partial charge in [-0.25, -0.2) is 5.43 Å². The van der Waals surface area contributed by atoms with Crippen LogP contribution < -0.4 is 15.5 Å². The minimum Gasteiger partial charge on any atom is -0.496 e. The van der Waals surface area contributed by atoms with Crippen molar-refractivity contribution in [2.75, 3.05) is 19.0 Å². The number of fused-ring (bicyclic) bond motifs is 1. The van der Waals surface area contributed by atoms with Crippen LogP contribution in [0.2, 0.25) is 0 Å². The van der Waals surface area contributed by atoms with Gasteiger partial charge in [0.15, 0.2) is 0 Å². The molecule has 2 N–H and O–H groups in total. The summed E-state index contributed by atoms with van der Waals surface area (Å²) in [6.07, 6.45) is 1.61. The van der Waals surface area contributed by atoms with Gasteiger partial charge in [-0.2, -0.15) is 5.10 Å². The van der Waals surface area contributed by atoms with Gasteiger partial charge in [0.1, 0.15) is 5.75 Å². The van der Waals surface area contributed by atoms with Crippen LogP contribution in [-0.2, 0) is 4.79 Å². The summed E-state index contributed by atoms with van der Waals surface area (Å²) in [6, 6.07) is 19.7. The highest BCUT2D eigenvalue weighted by molar-refractivity contribution is 14.1. The molecule has 0 fully saturated rings. The highest BCUT2D eigenvalue weighted by Gasteiger charge is 2.03. The number of hydrogen-bond acceptors (Lipinski definition) is 4. The monoisotopic (exact) mass is 459 g/mol. The molecular weight excluding hydrogens is 441 g/mol. The average Bonchev–Trinajstić information content (AvgIpc) is 2.66. The van der Waals surface area contributed by atoms with Gasteiger partial charge in [0.05, 0.1) is 23.4 Å². The number of anilines is 1. The fourth-order valence-electron chi connectivity index (χ4n) is 2.54. The van der Waals surface area contributed by atoms with E-state index in [2.05, 4.69) is 38.4 Å². The van der Waals surface area contributed by atoms with E-state index in [-0.39, 0.29) is 12.5 Å². The molecule has 0 spiro atoms. The van der Waals surface area contributed by atoms with E-state index in [1.165, 1.54) is 0 Å². The van der Waals surface area contributed by atoms with Crippen molar-refractivity contribution in [2.24, 2.45) is 5.10 Å². The van der Waals surface area contributed by atoms with E-state index >= 15 is 0 Å². The molecule has 3 aromatic carbocycles. The number of carbonyl (C=O) groups excluding carboxylic acids is 1. The molecule has 0 radical (unpaired) electrons. The zero-order chi connectivity index (χ0) is 18.4. The minimum absolute atomic E-state index is 0.144. The first-order valence-electron chi connectivity index (χ1n) is 8.04. The molecule has 5 nitrogen and oxygen atoms in total. The summed E-state index contributed by atoms with van der Waals surface area (Å²) < 4.78 is 6.20. The lowest BCUT2D eigenvalue weighted by Crippen LogP contribution is -2.25. The normalized spacial score (nSPS) is 10.8. The van der Waals surface area contributed by atoms with E-state index < -0.39 is 0 Å². The van der Waals surface area contributed by atoms with Gasteiger partial charge in [0.25, 0.3) is 5.91 Å². The Morgan fingerprint density at radius 2 is 1.96 bits per heavy atom. The van der Waals surface area contributed by atoms with Crippen LogP contribution in [0.25, 0.3) is 10.8 Å². The second-order valence-corrected chi connectivity index (χ2v) is 6.73. The van der Waals surface area contributed by atoms with Crippen LogP contribution in [0.4, 0.5) is 5.69 Å². The van der Waals surface area contributed by atoms with Crippen LogP contribution in [0.1, 0.15) is 5.56 Å². The van der Waals surface area contributed by atoms with Crippen LogP contribution in [0.15, 0.2) is 65.8 Å². The third-order valence-electron chi connectivity index (χ3n) is 3.81. The summed E-state index contributed by atoms with van der Waals surface area (Å²) in [7, 11) is 1.63. The Labute approximate surface area is 165 Å². The zero-order valence-electron chi connectivity index (χ0n) is 14.2. The molecule has 0 aliphatic carbocycles. The number of nitrogens with zero attached hydrogens (tertiary/aromatic N) is 1. The molecule has 0 saturated carbocycles. The maximum atomic E-state index is 12.0. The summed E-state index contributed by atoms with van der Waals surface area (Å²) in [6.45, 7) is 0.144. The largest absolute Gasteiger partial charge is 0.496 e. The number of benzene rings is 3. The molecule has 0 aliphatic heterocycles. The smallest absolute Gasteiger partial charge is 0.259 e. The molecule has 0 unspecified atom stereocenters. The van der Waals surface area contributed by atoms with Gasteiger partial charge in [0.2, 0.25) is 0 Å². The molecule has 0 saturated heterocycles. The maximum Gasteiger partial charge on any atom is 0.259 e. The molecule has 0 bridgehead atoms. The SMILES string of the molecule is COc1ccc(/C=N/NC(=O)CNc2cccc3ccccc23)cc1I. The number of halogens is 1. The lowest BCUT2D eigenvalue weighted by atomic mass is 10.1. The Morgan fingerprint density at radius 3 is 2.77 bits per heavy atom. The number of rotatable bonds is 6. The van der Waals surface area contributed by atoms with Crippen LogP contribution in [0, 0.1) is 3.57 Å². The average molecular weight is 459 g/mol. The van der Waals surface area contributed by atoms with Gasteiger partial charge in [0, 0.05) is 11.1 Å². The Hall–Kier alpha value is -2.61. The third-order valence-corrected chi connectivity index (χ3v) is 4.65. The summed E-state index contributed by atoms with van der Waals surface area (Å²) in [5.41, 5.74) is 4.34. The molecule has 0 heterocycles. The predicted molar refractivity (Wildman–Crippen MR) is 114 cm³/mol. The Balaban J connectivity index is 1.56. The third kappa shape index (κ3) is 4.51. The zero-order valence-corrected chi connectivity index (χ0v) is 16.4. The van der Waals surface area contributed by atoms with E-state index in [4.69, 9.17) is 4.74 Å². The molecule has 6 heteroatoms. The summed E-state index contributed by atoms with van der Waals surface area (Å²) in [5, 5.41) is 9.37. The number of methoxy groups -OCH3 is 1. The number of ether oxygens (including phenoxy) is 1. The van der Waals surface area contributed by atoms with Crippen molar-refractivity contribution < 1.29 is 9.53 Å². The van der Waals surface area contributed by atoms with Crippen molar-refractivity contribution in [1.82, 2.24) is 5.43 Å². The Bertz CT molecular complexity index is 951. The fraction of sp³-hybridized carbons (Fsp3) is 0.100. The highest BCUT2D eigenvalue weighted by atomic mass is 127. The minimum atomic E-state index is -0.211. The van der Waals surface area contributed by atoms with Gasteiger partial charge in [-0.1, -0.05) is 36.4 Å². The van der Waals surface area contributed by atoms with Crippen molar-refractivity contribution in [3.8, 4) is 5.75 Å². The van der Waals surface area contributed by atoms with Crippen molar-refractivity contribution in [3.63, 3.8) is 0 Å². The number of carbonyl (C=O) groups is 1. The first kappa shape index (κ1) is 18.2. The van der Waals surface area contributed by atoms with E-state index in [0.29, 0.717) is 0 Å². The first-order chi connectivity index (χ1) is 12.7. The van der Waals surface area contributed by atoms with E-state index in [0.717, 1.165) is 31.3 Å². The van der Waals surface area contributed by atoms with Crippen molar-refractivity contribution in [2.45, 2.75) is 0 Å². The lowest BCUT2D eigenvalue weighted by molar-refractivity contribution is -0.119. The van der Waals surface area contributed by atoms with Crippen LogP contribution in [-0.4, -0.2) is 25.8 Å². The van der Waals surface area contributed by atoms with Crippen LogP contribution >= 0.6 is 22.6 Å². The number of amides is 1. The van der Waals surface area contributed by atoms with Crippen molar-refractivity contribution in [3.05, 3.63) is 69.8 Å². The molecule has 0 aliphatic rings. The molecule has 3 aromatic rings.